The van der Waals surface area contributed by atoms with Gasteiger partial charge in [0.2, 0.25) is 4.80 Å². The van der Waals surface area contributed by atoms with Crippen LogP contribution in [0.25, 0.3) is 0 Å². The molecule has 144 valence electrons. The van der Waals surface area contributed by atoms with Gasteiger partial charge in [0.15, 0.2) is 0 Å². The number of rotatable bonds is 6. The number of hydrogen-bond acceptors (Lipinski definition) is 7. The number of nitrogens with one attached hydrogen (secondary N) is 1. The van der Waals surface area contributed by atoms with Crippen molar-refractivity contribution in [1.82, 2.24) is 23.6 Å². The number of nitrogens with zero attached hydrogens (tertiary/aromatic N) is 5. The van der Waals surface area contributed by atoms with Crippen molar-refractivity contribution in [3.8, 4) is 6.01 Å². The second kappa shape index (κ2) is 7.86. The third-order valence-corrected chi connectivity index (χ3v) is 4.77. The molecule has 0 bridgehead atoms. The SMILES string of the molecule is CCCn1ccs/c1=N/S(=O)(=O)NC(=O)n1nc(OC(C)C)n(C)c1=O. The van der Waals surface area contributed by atoms with E-state index in [9.17, 15) is 18.0 Å². The van der Waals surface area contributed by atoms with Gasteiger partial charge in [-0.2, -0.15) is 8.42 Å². The van der Waals surface area contributed by atoms with Gasteiger partial charge in [0.05, 0.1) is 6.10 Å². The van der Waals surface area contributed by atoms with Crippen LogP contribution in [0.15, 0.2) is 20.8 Å². The standard InChI is InChI=1S/C13H20N6O5S2/c1-5-6-18-7-8-25-12(18)16-26(22,23)15-10(20)19-13(21)17(4)11(14-19)24-9(2)3/h7-9H,5-6H2,1-4H3,(H,15,20)/b16-12+. The van der Waals surface area contributed by atoms with E-state index in [2.05, 4.69) is 9.50 Å². The van der Waals surface area contributed by atoms with E-state index in [0.717, 1.165) is 22.3 Å². The molecule has 0 atom stereocenters. The van der Waals surface area contributed by atoms with Crippen LogP contribution >= 0.6 is 11.3 Å². The van der Waals surface area contributed by atoms with Crippen LogP contribution in [0.4, 0.5) is 4.79 Å². The number of aryl methyl sites for hydroxylation is 1. The van der Waals surface area contributed by atoms with Gasteiger partial charge in [0.1, 0.15) is 0 Å². The van der Waals surface area contributed by atoms with Gasteiger partial charge in [-0.1, -0.05) is 6.92 Å². The molecular formula is C13H20N6O5S2. The Labute approximate surface area is 153 Å². The fraction of sp³-hybridized carbons (Fsp3) is 0.538. The summed E-state index contributed by atoms with van der Waals surface area (Å²) in [5, 5.41) is 5.39. The van der Waals surface area contributed by atoms with E-state index in [1.807, 2.05) is 6.92 Å². The quantitative estimate of drug-likeness (QED) is 0.724. The predicted molar refractivity (Wildman–Crippen MR) is 94.2 cm³/mol. The van der Waals surface area contributed by atoms with Crippen LogP contribution in [0.5, 0.6) is 6.01 Å². The van der Waals surface area contributed by atoms with Gasteiger partial charge in [-0.3, -0.25) is 0 Å². The highest BCUT2D eigenvalue weighted by atomic mass is 32.2. The summed E-state index contributed by atoms with van der Waals surface area (Å²) in [4.78, 5) is 24.4. The molecule has 2 rings (SSSR count). The first kappa shape index (κ1) is 19.9. The van der Waals surface area contributed by atoms with Crippen LogP contribution in [0, 0.1) is 0 Å². The number of ether oxygens (including phenoxy) is 1. The van der Waals surface area contributed by atoms with E-state index in [1.54, 1.807) is 34.7 Å². The van der Waals surface area contributed by atoms with Gasteiger partial charge in [0, 0.05) is 25.2 Å². The van der Waals surface area contributed by atoms with Crippen molar-refractivity contribution in [2.24, 2.45) is 11.4 Å². The van der Waals surface area contributed by atoms with Crippen molar-refractivity contribution < 1.29 is 17.9 Å². The van der Waals surface area contributed by atoms with Gasteiger partial charge in [0.25, 0.3) is 0 Å². The third-order valence-electron chi connectivity index (χ3n) is 3.01. The Morgan fingerprint density at radius 1 is 1.46 bits per heavy atom. The molecule has 2 aromatic rings. The van der Waals surface area contributed by atoms with Crippen molar-refractivity contribution in [1.29, 1.82) is 0 Å². The number of thiazole rings is 1. The second-order valence-electron chi connectivity index (χ2n) is 5.56. The van der Waals surface area contributed by atoms with Crippen LogP contribution in [0.3, 0.4) is 0 Å². The fourth-order valence-corrected chi connectivity index (χ4v) is 3.67. The van der Waals surface area contributed by atoms with Crippen molar-refractivity contribution >= 4 is 27.6 Å². The summed E-state index contributed by atoms with van der Waals surface area (Å²) in [6.45, 7) is 5.97. The van der Waals surface area contributed by atoms with Gasteiger partial charge in [-0.05, 0) is 20.3 Å². The lowest BCUT2D eigenvalue weighted by atomic mass is 10.5. The zero-order chi connectivity index (χ0) is 19.5. The minimum Gasteiger partial charge on any atom is -0.461 e. The maximum Gasteiger partial charge on any atom is 0.361 e. The van der Waals surface area contributed by atoms with E-state index >= 15 is 0 Å². The number of carbonyl (C=O) groups is 1. The topological polar surface area (TPSA) is 130 Å². The van der Waals surface area contributed by atoms with Crippen LogP contribution < -0.4 is 20.0 Å². The molecule has 0 unspecified atom stereocenters. The summed E-state index contributed by atoms with van der Waals surface area (Å²) in [6.07, 6.45) is 2.21. The predicted octanol–water partition coefficient (Wildman–Crippen LogP) is 0.0454. The monoisotopic (exact) mass is 404 g/mol. The minimum atomic E-state index is -4.37. The lowest BCUT2D eigenvalue weighted by Gasteiger charge is -2.06. The van der Waals surface area contributed by atoms with Crippen molar-refractivity contribution in [2.75, 3.05) is 0 Å². The molecule has 1 amide bonds. The fourth-order valence-electron chi connectivity index (χ4n) is 1.93. The average Bonchev–Trinajstić information content (AvgIpc) is 3.06. The van der Waals surface area contributed by atoms with E-state index in [0.29, 0.717) is 11.2 Å². The number of carbonyl (C=O) groups excluding carboxylic acids is 1. The minimum absolute atomic E-state index is 0.103. The molecule has 0 aliphatic heterocycles. The lowest BCUT2D eigenvalue weighted by Crippen LogP contribution is -2.40. The van der Waals surface area contributed by atoms with Crippen LogP contribution in [0.2, 0.25) is 0 Å². The first-order chi connectivity index (χ1) is 12.1. The van der Waals surface area contributed by atoms with Crippen LogP contribution in [-0.4, -0.2) is 39.5 Å². The third kappa shape index (κ3) is 4.60. The van der Waals surface area contributed by atoms with Gasteiger partial charge < -0.3 is 9.30 Å². The summed E-state index contributed by atoms with van der Waals surface area (Å²) in [6, 6.07) is -1.35. The Balaban J connectivity index is 2.29. The van der Waals surface area contributed by atoms with Gasteiger partial charge in [-0.15, -0.1) is 25.5 Å². The van der Waals surface area contributed by atoms with E-state index in [1.165, 1.54) is 7.05 Å². The highest BCUT2D eigenvalue weighted by Crippen LogP contribution is 2.04. The second-order valence-corrected chi connectivity index (χ2v) is 7.76. The Bertz CT molecular complexity index is 1010. The molecule has 0 aromatic carbocycles. The highest BCUT2D eigenvalue weighted by Gasteiger charge is 2.22. The maximum absolute atomic E-state index is 12.1. The molecule has 0 aliphatic rings. The molecule has 0 saturated carbocycles. The Morgan fingerprint density at radius 2 is 2.15 bits per heavy atom. The average molecular weight is 404 g/mol. The molecule has 1 N–H and O–H groups in total. The summed E-state index contributed by atoms with van der Waals surface area (Å²) in [7, 11) is -3.01. The number of hydrogen-bond donors (Lipinski definition) is 1. The smallest absolute Gasteiger partial charge is 0.361 e. The van der Waals surface area contributed by atoms with Crippen molar-refractivity contribution in [3.63, 3.8) is 0 Å². The maximum atomic E-state index is 12.1. The molecule has 2 aromatic heterocycles. The van der Waals surface area contributed by atoms with Crippen molar-refractivity contribution in [2.45, 2.75) is 39.8 Å². The molecule has 0 spiro atoms. The largest absolute Gasteiger partial charge is 0.461 e. The Kier molecular flexibility index (Phi) is 6.02. The molecule has 0 radical (unpaired) electrons. The zero-order valence-electron chi connectivity index (χ0n) is 14.7. The molecule has 2 heterocycles. The van der Waals surface area contributed by atoms with E-state index < -0.39 is 21.9 Å². The van der Waals surface area contributed by atoms with Gasteiger partial charge >= 0.3 is 27.9 Å². The Hall–Kier alpha value is -2.41. The van der Waals surface area contributed by atoms with Crippen LogP contribution in [0.1, 0.15) is 27.2 Å². The Morgan fingerprint density at radius 3 is 2.77 bits per heavy atom. The first-order valence-corrected chi connectivity index (χ1v) is 10.1. The lowest BCUT2D eigenvalue weighted by molar-refractivity contribution is 0.211. The molecule has 11 nitrogen and oxygen atoms in total. The molecule has 13 heteroatoms. The molecule has 26 heavy (non-hydrogen) atoms. The van der Waals surface area contributed by atoms with Gasteiger partial charge in [-0.25, -0.2) is 18.9 Å². The normalized spacial score (nSPS) is 12.6. The van der Waals surface area contributed by atoms with Crippen molar-refractivity contribution in [3.05, 3.63) is 26.9 Å². The highest BCUT2D eigenvalue weighted by molar-refractivity contribution is 7.88. The molecule has 0 aliphatic carbocycles. The molecule has 0 fully saturated rings. The summed E-state index contributed by atoms with van der Waals surface area (Å²) >= 11 is 1.11. The summed E-state index contributed by atoms with van der Waals surface area (Å²) < 4.78 is 37.9. The first-order valence-electron chi connectivity index (χ1n) is 7.74. The number of aromatic nitrogens is 4. The summed E-state index contributed by atoms with van der Waals surface area (Å²) in [5.41, 5.74) is -0.842. The summed E-state index contributed by atoms with van der Waals surface area (Å²) in [5.74, 6) is 0. The number of amides is 1. The zero-order valence-corrected chi connectivity index (χ0v) is 16.4. The molecular weight excluding hydrogens is 384 g/mol. The van der Waals surface area contributed by atoms with Crippen LogP contribution in [-0.2, 0) is 23.8 Å². The molecule has 0 saturated heterocycles. The van der Waals surface area contributed by atoms with E-state index in [4.69, 9.17) is 4.74 Å². The van der Waals surface area contributed by atoms with E-state index in [-0.39, 0.29) is 16.9 Å².